The second-order valence-corrected chi connectivity index (χ2v) is 10.8. The molecule has 3 heterocycles. The van der Waals surface area contributed by atoms with Crippen LogP contribution in [0.5, 0.6) is 0 Å². The van der Waals surface area contributed by atoms with Crippen molar-refractivity contribution in [2.24, 2.45) is 5.92 Å². The van der Waals surface area contributed by atoms with Crippen LogP contribution in [0.25, 0.3) is 11.0 Å². The Balaban J connectivity index is 1.13. The van der Waals surface area contributed by atoms with Crippen molar-refractivity contribution >= 4 is 28.6 Å². The van der Waals surface area contributed by atoms with Gasteiger partial charge in [0, 0.05) is 50.9 Å². The first-order valence-electron chi connectivity index (χ1n) is 13.9. The maximum Gasteiger partial charge on any atom is 0.225 e. The van der Waals surface area contributed by atoms with Crippen LogP contribution >= 0.6 is 0 Å². The van der Waals surface area contributed by atoms with Gasteiger partial charge in [-0.3, -0.25) is 4.79 Å². The minimum absolute atomic E-state index is 0.103. The summed E-state index contributed by atoms with van der Waals surface area (Å²) < 4.78 is 2.36. The summed E-state index contributed by atoms with van der Waals surface area (Å²) in [6, 6.07) is 25.6. The number of benzene rings is 3. The van der Waals surface area contributed by atoms with Crippen LogP contribution in [0.3, 0.4) is 0 Å². The predicted molar refractivity (Wildman–Crippen MR) is 155 cm³/mol. The molecule has 2 saturated heterocycles. The van der Waals surface area contributed by atoms with E-state index in [1.54, 1.807) is 0 Å². The van der Waals surface area contributed by atoms with Crippen molar-refractivity contribution < 1.29 is 4.79 Å². The molecule has 4 aromatic rings. The van der Waals surface area contributed by atoms with Gasteiger partial charge in [0.1, 0.15) is 0 Å². The number of nitrogens with zero attached hydrogens (tertiary/aromatic N) is 5. The van der Waals surface area contributed by atoms with E-state index in [0.29, 0.717) is 5.91 Å². The van der Waals surface area contributed by atoms with Gasteiger partial charge in [-0.1, -0.05) is 54.1 Å². The summed E-state index contributed by atoms with van der Waals surface area (Å²) in [5, 5.41) is 0. The molecule has 1 aromatic heterocycles. The van der Waals surface area contributed by atoms with Crippen LogP contribution in [0.1, 0.15) is 29.5 Å². The highest BCUT2D eigenvalue weighted by molar-refractivity contribution is 5.80. The quantitative estimate of drug-likeness (QED) is 0.369. The Morgan fingerprint density at radius 2 is 1.53 bits per heavy atom. The zero-order chi connectivity index (χ0) is 26.1. The number of hydrogen-bond acceptors (Lipinski definition) is 4. The van der Waals surface area contributed by atoms with Gasteiger partial charge in [-0.2, -0.15) is 0 Å². The molecule has 6 heteroatoms. The maximum atomic E-state index is 13.4. The maximum absolute atomic E-state index is 13.4. The summed E-state index contributed by atoms with van der Waals surface area (Å²) in [5.74, 6) is 1.46. The molecule has 0 radical (unpaired) electrons. The van der Waals surface area contributed by atoms with Crippen LogP contribution in [0.15, 0.2) is 72.8 Å². The average molecular weight is 508 g/mol. The normalized spacial score (nSPS) is 16.8. The van der Waals surface area contributed by atoms with E-state index in [0.717, 1.165) is 75.6 Å². The lowest BCUT2D eigenvalue weighted by molar-refractivity contribution is -0.136. The summed E-state index contributed by atoms with van der Waals surface area (Å²) in [7, 11) is 0. The zero-order valence-corrected chi connectivity index (χ0v) is 22.5. The smallest absolute Gasteiger partial charge is 0.225 e. The Morgan fingerprint density at radius 3 is 2.29 bits per heavy atom. The van der Waals surface area contributed by atoms with Crippen LogP contribution in [0, 0.1) is 19.8 Å². The molecule has 2 fully saturated rings. The molecule has 0 unspecified atom stereocenters. The molecule has 0 saturated carbocycles. The monoisotopic (exact) mass is 507 g/mol. The molecule has 2 aliphatic rings. The largest absolute Gasteiger partial charge is 0.368 e. The first-order chi connectivity index (χ1) is 18.6. The molecule has 0 N–H and O–H groups in total. The van der Waals surface area contributed by atoms with Crippen LogP contribution < -0.4 is 9.80 Å². The van der Waals surface area contributed by atoms with Gasteiger partial charge in [0.25, 0.3) is 0 Å². The van der Waals surface area contributed by atoms with E-state index in [-0.39, 0.29) is 5.92 Å². The fourth-order valence-electron chi connectivity index (χ4n) is 6.01. The standard InChI is InChI=1S/C32H37N5O/c1-24-12-13-25(2)27(22-24)23-37-30-11-7-6-10-29(30)33-32(37)36-16-14-26(15-17-36)31(38)35-20-18-34(19-21-35)28-8-4-3-5-9-28/h3-13,22,26H,14-21,23H2,1-2H3. The van der Waals surface area contributed by atoms with Crippen LogP contribution in [0.2, 0.25) is 0 Å². The van der Waals surface area contributed by atoms with Gasteiger partial charge in [-0.25, -0.2) is 4.98 Å². The molecular formula is C32H37N5O. The Bertz CT molecular complexity index is 1410. The molecule has 6 rings (SSSR count). The number of imidazole rings is 1. The van der Waals surface area contributed by atoms with E-state index in [2.05, 4.69) is 99.8 Å². The van der Waals surface area contributed by atoms with E-state index in [1.165, 1.54) is 22.4 Å². The van der Waals surface area contributed by atoms with Crippen molar-refractivity contribution in [1.29, 1.82) is 0 Å². The number of piperidine rings is 1. The molecule has 3 aromatic carbocycles. The Kier molecular flexibility index (Phi) is 6.79. The Labute approximate surface area is 225 Å². The Morgan fingerprint density at radius 1 is 0.816 bits per heavy atom. The number of carbonyl (C=O) groups is 1. The first-order valence-corrected chi connectivity index (χ1v) is 13.9. The topological polar surface area (TPSA) is 44.6 Å². The Hall–Kier alpha value is -3.80. The van der Waals surface area contributed by atoms with Crippen molar-refractivity contribution in [3.05, 3.63) is 89.5 Å². The molecule has 196 valence electrons. The lowest BCUT2D eigenvalue weighted by Gasteiger charge is -2.39. The number of hydrogen-bond donors (Lipinski definition) is 0. The number of carbonyl (C=O) groups excluding carboxylic acids is 1. The molecule has 0 spiro atoms. The van der Waals surface area contributed by atoms with E-state index < -0.39 is 0 Å². The number of anilines is 2. The van der Waals surface area contributed by atoms with Gasteiger partial charge in [0.2, 0.25) is 11.9 Å². The van der Waals surface area contributed by atoms with Gasteiger partial charge >= 0.3 is 0 Å². The highest BCUT2D eigenvalue weighted by atomic mass is 16.2. The van der Waals surface area contributed by atoms with Crippen LogP contribution in [-0.2, 0) is 11.3 Å². The lowest BCUT2D eigenvalue weighted by Crippen LogP contribution is -2.51. The van der Waals surface area contributed by atoms with Crippen molar-refractivity contribution in [2.45, 2.75) is 33.2 Å². The number of rotatable bonds is 5. The number of aromatic nitrogens is 2. The predicted octanol–water partition coefficient (Wildman–Crippen LogP) is 5.27. The summed E-state index contributed by atoms with van der Waals surface area (Å²) in [4.78, 5) is 25.4. The third-order valence-electron chi connectivity index (χ3n) is 8.31. The molecule has 0 atom stereocenters. The van der Waals surface area contributed by atoms with E-state index in [4.69, 9.17) is 4.98 Å². The molecule has 2 aliphatic heterocycles. The third kappa shape index (κ3) is 4.87. The fourth-order valence-corrected chi connectivity index (χ4v) is 6.01. The lowest BCUT2D eigenvalue weighted by atomic mass is 9.95. The average Bonchev–Trinajstić information content (AvgIpc) is 3.33. The number of amides is 1. The second kappa shape index (κ2) is 10.5. The van der Waals surface area contributed by atoms with Gasteiger partial charge < -0.3 is 19.3 Å². The van der Waals surface area contributed by atoms with Gasteiger partial charge in [0.05, 0.1) is 17.6 Å². The molecule has 1 amide bonds. The number of para-hydroxylation sites is 3. The SMILES string of the molecule is Cc1ccc(C)c(Cn2c(N3CCC(C(=O)N4CCN(c5ccccc5)CC4)CC3)nc3ccccc32)c1. The van der Waals surface area contributed by atoms with Crippen LogP contribution in [-0.4, -0.2) is 59.6 Å². The molecule has 0 bridgehead atoms. The minimum atomic E-state index is 0.103. The number of piperazine rings is 1. The summed E-state index contributed by atoms with van der Waals surface area (Å²) in [6.45, 7) is 10.3. The van der Waals surface area contributed by atoms with Gasteiger partial charge in [-0.15, -0.1) is 0 Å². The third-order valence-corrected chi connectivity index (χ3v) is 8.31. The van der Waals surface area contributed by atoms with Crippen molar-refractivity contribution in [3.63, 3.8) is 0 Å². The van der Waals surface area contributed by atoms with Gasteiger partial charge in [0.15, 0.2) is 0 Å². The molecular weight excluding hydrogens is 470 g/mol. The summed E-state index contributed by atoms with van der Waals surface area (Å²) in [6.07, 6.45) is 1.76. The summed E-state index contributed by atoms with van der Waals surface area (Å²) >= 11 is 0. The second-order valence-electron chi connectivity index (χ2n) is 10.8. The number of fused-ring (bicyclic) bond motifs is 1. The van der Waals surface area contributed by atoms with Crippen molar-refractivity contribution in [2.75, 3.05) is 49.1 Å². The van der Waals surface area contributed by atoms with Crippen LogP contribution in [0.4, 0.5) is 11.6 Å². The number of aryl methyl sites for hydroxylation is 2. The van der Waals surface area contributed by atoms with Gasteiger partial charge in [-0.05, 0) is 62.1 Å². The molecule has 0 aliphatic carbocycles. The van der Waals surface area contributed by atoms with E-state index in [9.17, 15) is 4.79 Å². The first kappa shape index (κ1) is 24.5. The van der Waals surface area contributed by atoms with E-state index in [1.807, 2.05) is 6.07 Å². The van der Waals surface area contributed by atoms with E-state index >= 15 is 0 Å². The summed E-state index contributed by atoms with van der Waals surface area (Å²) in [5.41, 5.74) is 7.35. The molecule has 6 nitrogen and oxygen atoms in total. The highest BCUT2D eigenvalue weighted by Crippen LogP contribution is 2.29. The fraction of sp³-hybridized carbons (Fsp3) is 0.375. The highest BCUT2D eigenvalue weighted by Gasteiger charge is 2.32. The molecule has 38 heavy (non-hydrogen) atoms. The van der Waals surface area contributed by atoms with Crippen molar-refractivity contribution in [1.82, 2.24) is 14.5 Å². The van der Waals surface area contributed by atoms with Crippen molar-refractivity contribution in [3.8, 4) is 0 Å². The zero-order valence-electron chi connectivity index (χ0n) is 22.5. The minimum Gasteiger partial charge on any atom is -0.368 e.